The zero-order valence-electron chi connectivity index (χ0n) is 19.4. The van der Waals surface area contributed by atoms with E-state index in [0.717, 1.165) is 50.4 Å². The van der Waals surface area contributed by atoms with E-state index in [1.54, 1.807) is 11.3 Å². The number of anilines is 1. The van der Waals surface area contributed by atoms with E-state index >= 15 is 0 Å². The van der Waals surface area contributed by atoms with Gasteiger partial charge in [0.05, 0.1) is 17.1 Å². The van der Waals surface area contributed by atoms with Crippen LogP contribution in [-0.2, 0) is 0 Å². The number of aromatic nitrogens is 5. The van der Waals surface area contributed by atoms with Gasteiger partial charge in [-0.05, 0) is 50.4 Å². The van der Waals surface area contributed by atoms with Crippen molar-refractivity contribution < 1.29 is 0 Å². The van der Waals surface area contributed by atoms with Gasteiger partial charge in [-0.15, -0.1) is 11.3 Å². The Kier molecular flexibility index (Phi) is 5.86. The first kappa shape index (κ1) is 21.9. The molecule has 0 unspecified atom stereocenters. The molecular weight excluding hydrogens is 440 g/mol. The van der Waals surface area contributed by atoms with E-state index in [1.165, 1.54) is 4.88 Å². The lowest BCUT2D eigenvalue weighted by Crippen LogP contribution is -2.09. The Labute approximate surface area is 202 Å². The number of aryl methyl sites for hydroxylation is 1. The Bertz CT molecular complexity index is 1490. The monoisotopic (exact) mass is 466 g/mol. The van der Waals surface area contributed by atoms with Crippen LogP contribution < -0.4 is 5.32 Å². The minimum absolute atomic E-state index is 0.331. The lowest BCUT2D eigenvalue weighted by molar-refractivity contribution is 0.898. The third-order valence-electron chi connectivity index (χ3n) is 5.58. The van der Waals surface area contributed by atoms with E-state index in [9.17, 15) is 0 Å². The van der Waals surface area contributed by atoms with Crippen LogP contribution in [0.25, 0.3) is 39.1 Å². The molecule has 0 saturated carbocycles. The fraction of sp³-hybridized carbons (Fsp3) is 0.148. The third kappa shape index (κ3) is 4.18. The first-order valence-electron chi connectivity index (χ1n) is 11.2. The van der Waals surface area contributed by atoms with Gasteiger partial charge in [-0.3, -0.25) is 10.1 Å². The summed E-state index contributed by atoms with van der Waals surface area (Å²) in [5, 5.41) is 14.1. The molecule has 0 atom stereocenters. The van der Waals surface area contributed by atoms with Crippen LogP contribution in [0.5, 0.6) is 0 Å². The highest BCUT2D eigenvalue weighted by Crippen LogP contribution is 2.35. The molecule has 5 aromatic heterocycles. The molecule has 6 nitrogen and oxygen atoms in total. The summed E-state index contributed by atoms with van der Waals surface area (Å²) >= 11 is 1.72. The molecule has 5 aromatic rings. The number of thiophene rings is 1. The quantitative estimate of drug-likeness (QED) is 0.230. The van der Waals surface area contributed by atoms with Crippen molar-refractivity contribution in [3.8, 4) is 22.5 Å². The first-order valence-corrected chi connectivity index (χ1v) is 12.0. The maximum absolute atomic E-state index is 4.60. The Hall–Kier alpha value is -3.97. The van der Waals surface area contributed by atoms with Crippen LogP contribution in [0.1, 0.15) is 30.0 Å². The van der Waals surface area contributed by atoms with Crippen molar-refractivity contribution in [3.63, 3.8) is 0 Å². The largest absolute Gasteiger partial charge is 0.382 e. The lowest BCUT2D eigenvalue weighted by Gasteiger charge is -2.10. The van der Waals surface area contributed by atoms with Crippen molar-refractivity contribution in [1.29, 1.82) is 0 Å². The van der Waals surface area contributed by atoms with E-state index in [1.807, 2.05) is 24.7 Å². The maximum atomic E-state index is 4.60. The molecule has 0 radical (unpaired) electrons. The minimum atomic E-state index is 0.331. The Morgan fingerprint density at radius 1 is 1.15 bits per heavy atom. The first-order chi connectivity index (χ1) is 16.5. The van der Waals surface area contributed by atoms with Gasteiger partial charge in [0.15, 0.2) is 5.65 Å². The fourth-order valence-electron chi connectivity index (χ4n) is 4.10. The van der Waals surface area contributed by atoms with Gasteiger partial charge in [-0.1, -0.05) is 24.8 Å². The van der Waals surface area contributed by atoms with Gasteiger partial charge < -0.3 is 10.3 Å². The number of allylic oxidation sites excluding steroid dienone is 2. The molecule has 34 heavy (non-hydrogen) atoms. The number of hydrogen-bond donors (Lipinski definition) is 3. The van der Waals surface area contributed by atoms with E-state index in [4.69, 9.17) is 0 Å². The summed E-state index contributed by atoms with van der Waals surface area (Å²) in [6, 6.07) is 10.9. The molecule has 7 heteroatoms. The molecule has 0 saturated heterocycles. The standard InChI is InChI=1S/C27H26N6S/c1-5-7-21(25-8-6-9-34-25)22-12-24(31-17(22)4)26-23-11-19(14-29-27(23)33-32-26)18-10-20(15-28-13-18)30-16(2)3/h5-16,30-31H,1H2,2-4H3,(H,29,32,33)/b21-7+. The van der Waals surface area contributed by atoms with Crippen molar-refractivity contribution >= 4 is 33.6 Å². The summed E-state index contributed by atoms with van der Waals surface area (Å²) in [5.41, 5.74) is 8.90. The van der Waals surface area contributed by atoms with Crippen LogP contribution >= 0.6 is 11.3 Å². The summed E-state index contributed by atoms with van der Waals surface area (Å²) in [4.78, 5) is 13.7. The summed E-state index contributed by atoms with van der Waals surface area (Å²) in [6.45, 7) is 10.2. The fourth-order valence-corrected chi connectivity index (χ4v) is 4.87. The Morgan fingerprint density at radius 2 is 2.00 bits per heavy atom. The molecule has 0 amide bonds. The van der Waals surface area contributed by atoms with Gasteiger partial charge in [0, 0.05) is 62.9 Å². The topological polar surface area (TPSA) is 82.3 Å². The molecule has 170 valence electrons. The Morgan fingerprint density at radius 3 is 2.76 bits per heavy atom. The van der Waals surface area contributed by atoms with Gasteiger partial charge in [-0.25, -0.2) is 4.98 Å². The zero-order valence-corrected chi connectivity index (χ0v) is 20.2. The molecule has 0 bridgehead atoms. The SMILES string of the molecule is C=C/C=C(/c1cccs1)c1cc(-c2[nH]nc3ncc(-c4cncc(NC(C)C)c4)cc23)[nH]c1C. The van der Waals surface area contributed by atoms with Gasteiger partial charge in [0.1, 0.15) is 0 Å². The van der Waals surface area contributed by atoms with E-state index < -0.39 is 0 Å². The summed E-state index contributed by atoms with van der Waals surface area (Å²) in [5.74, 6) is 0. The third-order valence-corrected chi connectivity index (χ3v) is 6.49. The number of hydrogen-bond acceptors (Lipinski definition) is 5. The highest BCUT2D eigenvalue weighted by Gasteiger charge is 2.17. The number of fused-ring (bicyclic) bond motifs is 1. The number of H-pyrrole nitrogens is 2. The second-order valence-corrected chi connectivity index (χ2v) is 9.42. The predicted octanol–water partition coefficient (Wildman–Crippen LogP) is 6.82. The van der Waals surface area contributed by atoms with Crippen LogP contribution in [0.15, 0.2) is 73.0 Å². The van der Waals surface area contributed by atoms with Crippen molar-refractivity contribution in [1.82, 2.24) is 25.1 Å². The average molecular weight is 467 g/mol. The summed E-state index contributed by atoms with van der Waals surface area (Å²) < 4.78 is 0. The molecule has 0 aliphatic rings. The molecule has 0 aromatic carbocycles. The molecular formula is C27H26N6S. The van der Waals surface area contributed by atoms with Crippen LogP contribution in [0.4, 0.5) is 5.69 Å². The zero-order chi connectivity index (χ0) is 23.7. The molecule has 5 rings (SSSR count). The maximum Gasteiger partial charge on any atom is 0.181 e. The predicted molar refractivity (Wildman–Crippen MR) is 142 cm³/mol. The number of nitrogens with one attached hydrogen (secondary N) is 3. The van der Waals surface area contributed by atoms with E-state index in [2.05, 4.69) is 99.6 Å². The number of pyridine rings is 2. The van der Waals surface area contributed by atoms with E-state index in [-0.39, 0.29) is 0 Å². The molecule has 0 aliphatic carbocycles. The smallest absolute Gasteiger partial charge is 0.181 e. The second kappa shape index (κ2) is 9.11. The van der Waals surface area contributed by atoms with Crippen LogP contribution in [-0.4, -0.2) is 31.2 Å². The average Bonchev–Trinajstić information content (AvgIpc) is 3.57. The number of rotatable bonds is 7. The number of nitrogens with zero attached hydrogens (tertiary/aromatic N) is 3. The lowest BCUT2D eigenvalue weighted by atomic mass is 10.0. The van der Waals surface area contributed by atoms with Gasteiger partial charge in [-0.2, -0.15) is 5.10 Å². The molecule has 0 spiro atoms. The van der Waals surface area contributed by atoms with Gasteiger partial charge in [0.25, 0.3) is 0 Å². The van der Waals surface area contributed by atoms with Crippen molar-refractivity contribution in [2.75, 3.05) is 5.32 Å². The van der Waals surface area contributed by atoms with Crippen molar-refractivity contribution in [2.45, 2.75) is 26.8 Å². The van der Waals surface area contributed by atoms with Crippen molar-refractivity contribution in [3.05, 3.63) is 89.2 Å². The van der Waals surface area contributed by atoms with E-state index in [0.29, 0.717) is 11.7 Å². The van der Waals surface area contributed by atoms with Gasteiger partial charge in [0.2, 0.25) is 0 Å². The normalized spacial score (nSPS) is 11.9. The second-order valence-electron chi connectivity index (χ2n) is 8.47. The summed E-state index contributed by atoms with van der Waals surface area (Å²) in [7, 11) is 0. The van der Waals surface area contributed by atoms with Crippen LogP contribution in [0.2, 0.25) is 0 Å². The van der Waals surface area contributed by atoms with Gasteiger partial charge >= 0.3 is 0 Å². The Balaban J connectivity index is 1.57. The molecule has 3 N–H and O–H groups in total. The number of aromatic amines is 2. The minimum Gasteiger partial charge on any atom is -0.382 e. The molecule has 0 aliphatic heterocycles. The highest BCUT2D eigenvalue weighted by molar-refractivity contribution is 7.11. The van der Waals surface area contributed by atoms with Crippen molar-refractivity contribution in [2.24, 2.45) is 0 Å². The van der Waals surface area contributed by atoms with Crippen LogP contribution in [0, 0.1) is 6.92 Å². The molecule has 5 heterocycles. The van der Waals surface area contributed by atoms with Crippen LogP contribution in [0.3, 0.4) is 0 Å². The molecule has 0 fully saturated rings. The summed E-state index contributed by atoms with van der Waals surface area (Å²) in [6.07, 6.45) is 9.43. The highest BCUT2D eigenvalue weighted by atomic mass is 32.1.